The van der Waals surface area contributed by atoms with Crippen molar-refractivity contribution < 1.29 is 114 Å². The summed E-state index contributed by atoms with van der Waals surface area (Å²) in [5, 5.41) is 3.12. The Morgan fingerprint density at radius 1 is 0.203 bits per heavy atom. The van der Waals surface area contributed by atoms with Crippen molar-refractivity contribution >= 4 is 142 Å². The highest BCUT2D eigenvalue weighted by atomic mass is 32.2. The molecule has 0 aliphatic heterocycles. The molecule has 836 valence electrons. The smallest absolute Gasteiger partial charge is 0.318 e. The monoisotopic (exact) mass is 2140 g/mol. The average Bonchev–Trinajstić information content (AvgIpc) is 0.923. The number of thioether (sulfide) groups is 6. The molecule has 0 aromatic rings. The average molecular weight is 2140 g/mol. The van der Waals surface area contributed by atoms with E-state index in [-0.39, 0.29) is 241 Å². The van der Waals surface area contributed by atoms with E-state index in [0.29, 0.717) is 68.0 Å². The molecule has 0 spiro atoms. The number of hydrogen-bond acceptors (Lipinski definition) is 35. The molecule has 0 aliphatic rings. The number of unbranched alkanes of at least 4 members (excludes halogenated alkanes) is 29. The lowest BCUT2D eigenvalue weighted by Gasteiger charge is -2.30. The topological polar surface area (TPSA) is 341 Å². The maximum absolute atomic E-state index is 13.8. The Kier molecular flexibility index (Phi) is 98.8. The molecular weight excluding hydrogens is 1940 g/mol. The number of nitrogens with one attached hydrogen (secondary N) is 1. The maximum Gasteiger partial charge on any atom is 0.318 e. The van der Waals surface area contributed by atoms with E-state index in [4.69, 9.17) is 56.8 Å². The maximum atomic E-state index is 13.8. The van der Waals surface area contributed by atoms with Gasteiger partial charge in [0.25, 0.3) is 0 Å². The summed E-state index contributed by atoms with van der Waals surface area (Å²) in [7, 11) is 0. The van der Waals surface area contributed by atoms with E-state index in [2.05, 4.69) is 51.8 Å². The van der Waals surface area contributed by atoms with E-state index in [0.717, 1.165) is 98.7 Å². The molecule has 6 atom stereocenters. The fourth-order valence-electron chi connectivity index (χ4n) is 14.6. The van der Waals surface area contributed by atoms with E-state index >= 15 is 0 Å². The van der Waals surface area contributed by atoms with Crippen LogP contribution in [-0.4, -0.2) is 331 Å². The molecule has 0 radical (unpaired) electrons. The predicted octanol–water partition coefficient (Wildman–Crippen LogP) is 20.4. The van der Waals surface area contributed by atoms with Crippen molar-refractivity contribution in [1.29, 1.82) is 0 Å². The van der Waals surface area contributed by atoms with Gasteiger partial charge >= 0.3 is 71.6 Å². The van der Waals surface area contributed by atoms with E-state index in [9.17, 15) is 57.5 Å². The Hall–Kier alpha value is -4.46. The minimum absolute atomic E-state index is 0.0425. The molecule has 35 heteroatoms. The van der Waals surface area contributed by atoms with Crippen LogP contribution in [0.2, 0.25) is 0 Å². The normalized spacial score (nSPS) is 12.8. The predicted molar refractivity (Wildman–Crippen MR) is 588 cm³/mol. The van der Waals surface area contributed by atoms with Crippen LogP contribution < -0.4 is 5.32 Å². The zero-order valence-corrected chi connectivity index (χ0v) is 96.1. The minimum Gasteiger partial charge on any atom is -0.462 e. The zero-order valence-electron chi connectivity index (χ0n) is 91.2. The first-order chi connectivity index (χ1) is 69.3. The molecular formula is C108H199N5O24S6. The fraction of sp³-hybridized carbons (Fsp3) is 0.889. The van der Waals surface area contributed by atoms with E-state index < -0.39 is 35.8 Å². The molecule has 6 unspecified atom stereocenters. The van der Waals surface area contributed by atoms with E-state index in [1.165, 1.54) is 161 Å². The molecule has 29 nitrogen and oxygen atoms in total. The third-order valence-corrected chi connectivity index (χ3v) is 31.8. The van der Waals surface area contributed by atoms with Crippen LogP contribution in [0.15, 0.2) is 0 Å². The number of carbonyl (C=O) groups excluding carboxylic acids is 12. The summed E-state index contributed by atoms with van der Waals surface area (Å²) < 4.78 is 66.8. The van der Waals surface area contributed by atoms with Crippen LogP contribution in [-0.2, 0) is 114 Å². The molecule has 0 aliphatic carbocycles. The number of esters is 12. The van der Waals surface area contributed by atoms with Crippen molar-refractivity contribution in [3.63, 3.8) is 0 Å². The van der Waals surface area contributed by atoms with Gasteiger partial charge in [-0.3, -0.25) is 57.5 Å². The number of rotatable bonds is 106. The molecule has 0 amide bonds. The largest absolute Gasteiger partial charge is 0.462 e. The molecule has 1 N–H and O–H groups in total. The quantitative estimate of drug-likeness (QED) is 0.0336. The summed E-state index contributed by atoms with van der Waals surface area (Å²) in [4.78, 5) is 167. The molecule has 0 fully saturated rings. The van der Waals surface area contributed by atoms with Crippen LogP contribution >= 0.6 is 70.6 Å². The molecule has 0 heterocycles. The molecule has 0 aromatic heterocycles. The van der Waals surface area contributed by atoms with Gasteiger partial charge in [0.1, 0.15) is 79.3 Å². The van der Waals surface area contributed by atoms with Crippen molar-refractivity contribution in [1.82, 2.24) is 24.9 Å². The first-order valence-electron chi connectivity index (χ1n) is 55.4. The van der Waals surface area contributed by atoms with Crippen LogP contribution in [0.5, 0.6) is 0 Å². The molecule has 0 saturated heterocycles. The van der Waals surface area contributed by atoms with Crippen molar-refractivity contribution in [2.45, 2.75) is 352 Å². The van der Waals surface area contributed by atoms with Crippen LogP contribution in [0.4, 0.5) is 0 Å². The van der Waals surface area contributed by atoms with Gasteiger partial charge in [-0.25, -0.2) is 0 Å². The van der Waals surface area contributed by atoms with Crippen molar-refractivity contribution in [3.8, 4) is 0 Å². The van der Waals surface area contributed by atoms with Crippen LogP contribution in [0.25, 0.3) is 0 Å². The van der Waals surface area contributed by atoms with Gasteiger partial charge in [-0.15, -0.1) is 11.8 Å². The van der Waals surface area contributed by atoms with Crippen molar-refractivity contribution in [2.75, 3.05) is 234 Å². The summed E-state index contributed by atoms with van der Waals surface area (Å²) in [5.74, 6) is 1.74. The Morgan fingerprint density at radius 3 is 0.587 bits per heavy atom. The highest BCUT2D eigenvalue weighted by molar-refractivity contribution is 8.00. The summed E-state index contributed by atoms with van der Waals surface area (Å²) >= 11 is 10.2. The third-order valence-electron chi connectivity index (χ3n) is 24.0. The summed E-state index contributed by atoms with van der Waals surface area (Å²) in [5.41, 5.74) is 0. The van der Waals surface area contributed by atoms with E-state index in [1.54, 1.807) is 70.6 Å². The highest BCUT2D eigenvalue weighted by Gasteiger charge is 2.25. The van der Waals surface area contributed by atoms with Crippen molar-refractivity contribution in [2.24, 2.45) is 29.6 Å². The molecule has 143 heavy (non-hydrogen) atoms. The number of ether oxygens (including phenoxy) is 12. The number of nitrogens with zero attached hydrogens (tertiary/aromatic N) is 4. The van der Waals surface area contributed by atoms with Gasteiger partial charge in [0.15, 0.2) is 0 Å². The summed E-state index contributed by atoms with van der Waals surface area (Å²) in [6.45, 7) is 26.4. The summed E-state index contributed by atoms with van der Waals surface area (Å²) in [6.07, 6.45) is 40.9. The lowest BCUT2D eigenvalue weighted by Crippen LogP contribution is -2.44. The van der Waals surface area contributed by atoms with Gasteiger partial charge in [0, 0.05) is 120 Å². The second-order valence-corrected chi connectivity index (χ2v) is 44.8. The fourth-order valence-corrected chi connectivity index (χ4v) is 20.9. The van der Waals surface area contributed by atoms with Gasteiger partial charge in [0.05, 0.1) is 73.4 Å². The number of carbonyl (C=O) groups is 12. The Labute approximate surface area is 890 Å². The molecule has 0 saturated carbocycles. The van der Waals surface area contributed by atoms with Gasteiger partial charge in [-0.05, 0) is 80.0 Å². The molecule has 0 bridgehead atoms. The Balaban J connectivity index is 7.22. The lowest BCUT2D eigenvalue weighted by molar-refractivity contribution is -0.154. The van der Waals surface area contributed by atoms with Crippen molar-refractivity contribution in [3.05, 3.63) is 0 Å². The Bertz CT molecular complexity index is 3020. The standard InChI is InChI=1S/C108H199N5O24S6/c1-13-19-25-31-37-42-80-138-86-91(7)103(120)132-74-68-126-97(114)48-56-110(57-49-98(115)127-69-75-133-104(121)92(8)87-139-81-43-38-32-26-20-14-2)62-54-109-55-63-112(60-52-101(118)131-73-79-137-108(125)96(12)143-85-47-36-30-24-18-6)65-67-113(61-53-102(119)130-72-78-136-107(124)95(11)90-142-84-46-41-35-29-23-17-5)66-64-111(58-50-99(116)128-70-76-134-105(122)93(9)88-140-82-44-39-33-27-21-15-3)59-51-100(117)129-71-77-135-106(123)94(10)89-141-83-45-40-34-28-22-16-4/h91-96,109H,13-90H2,1-12H3. The third kappa shape index (κ3) is 90.0. The van der Waals surface area contributed by atoms with E-state index in [1.807, 2.05) is 56.2 Å². The van der Waals surface area contributed by atoms with Gasteiger partial charge in [0.2, 0.25) is 0 Å². The highest BCUT2D eigenvalue weighted by Crippen LogP contribution is 2.23. The van der Waals surface area contributed by atoms with Crippen LogP contribution in [0.3, 0.4) is 0 Å². The SMILES string of the molecule is CCCCCCCCSCC(C)C(=O)OCCOC(=O)CCN(CCNCCN(CCC(=O)OCCOC(=O)C(C)SCCCCCCC)CCN(CCC(=O)OCCOC(=O)C(C)CSCCCCCCCC)CCN(CCC(=O)OCCOC(=O)C(C)CSCCCCCCCC)CCC(=O)OCCOC(=O)C(C)CSCCCCCCCC)CCC(=O)OCCOC(=O)C(C)CSCCCCCCCC. The van der Waals surface area contributed by atoms with Gasteiger partial charge in [-0.1, -0.05) is 262 Å². The van der Waals surface area contributed by atoms with Crippen LogP contribution in [0, 0.1) is 29.6 Å². The summed E-state index contributed by atoms with van der Waals surface area (Å²) in [6, 6.07) is 0. The van der Waals surface area contributed by atoms with Gasteiger partial charge in [-0.2, -0.15) is 58.8 Å². The lowest BCUT2D eigenvalue weighted by atomic mass is 10.1. The van der Waals surface area contributed by atoms with Crippen LogP contribution in [0.1, 0.15) is 346 Å². The first-order valence-corrected chi connectivity index (χ1v) is 62.2. The molecule has 0 rings (SSSR count). The molecule has 0 aromatic carbocycles. The second kappa shape index (κ2) is 102. The number of hydrogen-bond donors (Lipinski definition) is 1. The zero-order chi connectivity index (χ0) is 105. The second-order valence-electron chi connectivity index (χ2n) is 37.6. The van der Waals surface area contributed by atoms with Gasteiger partial charge < -0.3 is 81.8 Å². The first kappa shape index (κ1) is 139. The minimum atomic E-state index is -0.555. The Morgan fingerprint density at radius 2 is 0.371 bits per heavy atom.